The van der Waals surface area contributed by atoms with Crippen molar-refractivity contribution in [1.82, 2.24) is 19.8 Å². The summed E-state index contributed by atoms with van der Waals surface area (Å²) in [6.07, 6.45) is 3.46. The van der Waals surface area contributed by atoms with Gasteiger partial charge in [-0.2, -0.15) is 0 Å². The second-order valence-electron chi connectivity index (χ2n) is 8.30. The molecule has 1 N–H and O–H groups in total. The lowest BCUT2D eigenvalue weighted by Crippen LogP contribution is -2.38. The molecule has 1 atom stereocenters. The summed E-state index contributed by atoms with van der Waals surface area (Å²) in [6, 6.07) is 7.70. The molecular formula is C23H31N5O2. The van der Waals surface area contributed by atoms with Crippen LogP contribution >= 0.6 is 0 Å². The first-order valence-electron chi connectivity index (χ1n) is 10.7. The molecule has 0 aliphatic carbocycles. The van der Waals surface area contributed by atoms with Gasteiger partial charge in [-0.1, -0.05) is 12.1 Å². The molecule has 1 saturated heterocycles. The number of amides is 1. The summed E-state index contributed by atoms with van der Waals surface area (Å²) in [5, 5.41) is 3.26. The second kappa shape index (κ2) is 9.00. The van der Waals surface area contributed by atoms with Gasteiger partial charge in [0.1, 0.15) is 17.4 Å². The predicted molar refractivity (Wildman–Crippen MR) is 117 cm³/mol. The number of carbonyl (C=O) groups excluding carboxylic acids is 1. The van der Waals surface area contributed by atoms with Gasteiger partial charge in [0.2, 0.25) is 5.91 Å². The quantitative estimate of drug-likeness (QED) is 0.818. The van der Waals surface area contributed by atoms with Gasteiger partial charge in [-0.15, -0.1) is 0 Å². The van der Waals surface area contributed by atoms with Crippen LogP contribution in [0.4, 0.5) is 5.82 Å². The van der Waals surface area contributed by atoms with Crippen LogP contribution in [0, 0.1) is 0 Å². The highest BCUT2D eigenvalue weighted by Gasteiger charge is 2.28. The first-order valence-corrected chi connectivity index (χ1v) is 10.7. The summed E-state index contributed by atoms with van der Waals surface area (Å²) in [6.45, 7) is 3.37. The van der Waals surface area contributed by atoms with Crippen LogP contribution in [0.25, 0.3) is 0 Å². The Kier molecular flexibility index (Phi) is 6.18. The van der Waals surface area contributed by atoms with Crippen LogP contribution in [-0.2, 0) is 24.2 Å². The third-order valence-electron chi connectivity index (χ3n) is 6.18. The van der Waals surface area contributed by atoms with Crippen molar-refractivity contribution in [3.05, 3.63) is 46.9 Å². The molecular weight excluding hydrogens is 378 g/mol. The number of benzene rings is 1. The molecule has 2 aliphatic rings. The van der Waals surface area contributed by atoms with Gasteiger partial charge < -0.3 is 19.9 Å². The Morgan fingerprint density at radius 3 is 2.73 bits per heavy atom. The average Bonchev–Trinajstić information content (AvgIpc) is 2.78. The fourth-order valence-corrected chi connectivity index (χ4v) is 4.46. The molecule has 30 heavy (non-hydrogen) atoms. The Bertz CT molecular complexity index is 899. The van der Waals surface area contributed by atoms with Crippen LogP contribution in [0.2, 0.25) is 0 Å². The summed E-state index contributed by atoms with van der Waals surface area (Å²) in [4.78, 5) is 27.0. The van der Waals surface area contributed by atoms with Crippen molar-refractivity contribution in [3.63, 3.8) is 0 Å². The van der Waals surface area contributed by atoms with E-state index in [9.17, 15) is 4.79 Å². The summed E-state index contributed by atoms with van der Waals surface area (Å²) in [5.41, 5.74) is 3.14. The maximum atomic E-state index is 12.9. The number of piperidine rings is 1. The fraction of sp³-hybridized carbons (Fsp3) is 0.522. The number of hydrogen-bond donors (Lipinski definition) is 1. The van der Waals surface area contributed by atoms with E-state index in [4.69, 9.17) is 14.7 Å². The minimum atomic E-state index is 0.134. The Labute approximate surface area is 178 Å². The number of aromatic nitrogens is 2. The van der Waals surface area contributed by atoms with E-state index in [2.05, 4.69) is 17.3 Å². The molecule has 2 aliphatic heterocycles. The molecule has 7 heteroatoms. The van der Waals surface area contributed by atoms with Gasteiger partial charge >= 0.3 is 0 Å². The van der Waals surface area contributed by atoms with Crippen LogP contribution in [0.5, 0.6) is 5.75 Å². The molecule has 4 rings (SSSR count). The number of likely N-dealkylation sites (N-methyl/N-ethyl adjacent to an activating group) is 1. The standard InChI is InChI=1S/C23H31N5O2/c1-24-23-19-10-12-28(21(29)13-16-6-8-18(30-3)9-7-16)15-20(19)25-22(26-23)17-5-4-11-27(2)14-17/h6-9,17H,4-5,10-15H2,1-3H3,(H,24,25,26)/t17-/m0/s1. The number of likely N-dealkylation sites (tertiary alicyclic amines) is 1. The van der Waals surface area contributed by atoms with E-state index in [1.807, 2.05) is 36.2 Å². The molecule has 1 aromatic carbocycles. The third kappa shape index (κ3) is 4.41. The fourth-order valence-electron chi connectivity index (χ4n) is 4.46. The lowest BCUT2D eigenvalue weighted by atomic mass is 9.96. The number of hydrogen-bond acceptors (Lipinski definition) is 6. The highest BCUT2D eigenvalue weighted by molar-refractivity contribution is 5.79. The van der Waals surface area contributed by atoms with Crippen molar-refractivity contribution in [1.29, 1.82) is 0 Å². The van der Waals surface area contributed by atoms with E-state index < -0.39 is 0 Å². The molecule has 0 spiro atoms. The first-order chi connectivity index (χ1) is 14.6. The molecule has 1 fully saturated rings. The number of nitrogens with one attached hydrogen (secondary N) is 1. The molecule has 7 nitrogen and oxygen atoms in total. The van der Waals surface area contributed by atoms with Crippen LogP contribution in [0.3, 0.4) is 0 Å². The molecule has 1 aromatic heterocycles. The Hall–Kier alpha value is -2.67. The van der Waals surface area contributed by atoms with E-state index in [1.54, 1.807) is 7.11 Å². The highest BCUT2D eigenvalue weighted by atomic mass is 16.5. The smallest absolute Gasteiger partial charge is 0.227 e. The normalized spacial score (nSPS) is 19.3. The van der Waals surface area contributed by atoms with E-state index in [1.165, 1.54) is 6.42 Å². The molecule has 0 bridgehead atoms. The molecule has 0 unspecified atom stereocenters. The highest BCUT2D eigenvalue weighted by Crippen LogP contribution is 2.29. The van der Waals surface area contributed by atoms with Gasteiger partial charge in [0.05, 0.1) is 25.8 Å². The van der Waals surface area contributed by atoms with Crippen molar-refractivity contribution in [2.24, 2.45) is 0 Å². The van der Waals surface area contributed by atoms with Crippen LogP contribution in [-0.4, -0.2) is 66.5 Å². The lowest BCUT2D eigenvalue weighted by molar-refractivity contribution is -0.131. The van der Waals surface area contributed by atoms with Gasteiger partial charge in [-0.05, 0) is 50.6 Å². The molecule has 1 amide bonds. The minimum absolute atomic E-state index is 0.134. The predicted octanol–water partition coefficient (Wildman–Crippen LogP) is 2.46. The number of rotatable bonds is 5. The van der Waals surface area contributed by atoms with Crippen molar-refractivity contribution in [2.45, 2.75) is 38.1 Å². The maximum absolute atomic E-state index is 12.9. The van der Waals surface area contributed by atoms with Crippen LogP contribution < -0.4 is 10.1 Å². The first kappa shape index (κ1) is 20.6. The lowest BCUT2D eigenvalue weighted by Gasteiger charge is -2.32. The van der Waals surface area contributed by atoms with Crippen molar-refractivity contribution in [2.75, 3.05) is 46.2 Å². The van der Waals surface area contributed by atoms with E-state index >= 15 is 0 Å². The third-order valence-corrected chi connectivity index (χ3v) is 6.18. The maximum Gasteiger partial charge on any atom is 0.227 e. The Morgan fingerprint density at radius 1 is 1.23 bits per heavy atom. The van der Waals surface area contributed by atoms with Gasteiger partial charge in [-0.25, -0.2) is 9.97 Å². The van der Waals surface area contributed by atoms with Gasteiger partial charge in [0.25, 0.3) is 0 Å². The monoisotopic (exact) mass is 409 g/mol. The van der Waals surface area contributed by atoms with E-state index in [0.29, 0.717) is 25.4 Å². The summed E-state index contributed by atoms with van der Waals surface area (Å²) in [5.74, 6) is 3.12. The SMILES string of the molecule is CNc1nc([C@H]2CCCN(C)C2)nc2c1CCN(C(=O)Cc1ccc(OC)cc1)C2. The molecule has 160 valence electrons. The second-order valence-corrected chi connectivity index (χ2v) is 8.30. The van der Waals surface area contributed by atoms with Gasteiger partial charge in [-0.3, -0.25) is 4.79 Å². The number of anilines is 1. The number of nitrogens with zero attached hydrogens (tertiary/aromatic N) is 4. The summed E-state index contributed by atoms with van der Waals surface area (Å²) in [7, 11) is 5.72. The number of fused-ring (bicyclic) bond motifs is 1. The Balaban J connectivity index is 1.51. The molecule has 0 radical (unpaired) electrons. The van der Waals surface area contributed by atoms with Gasteiger partial charge in [0.15, 0.2) is 0 Å². The summed E-state index contributed by atoms with van der Waals surface area (Å²) >= 11 is 0. The molecule has 2 aromatic rings. The zero-order valence-corrected chi connectivity index (χ0v) is 18.1. The number of ether oxygens (including phenoxy) is 1. The number of methoxy groups -OCH3 is 1. The molecule has 3 heterocycles. The van der Waals surface area contributed by atoms with E-state index in [-0.39, 0.29) is 5.91 Å². The zero-order valence-electron chi connectivity index (χ0n) is 18.1. The van der Waals surface area contributed by atoms with Crippen LogP contribution in [0.15, 0.2) is 24.3 Å². The van der Waals surface area contributed by atoms with Crippen molar-refractivity contribution < 1.29 is 9.53 Å². The van der Waals surface area contributed by atoms with Gasteiger partial charge in [0, 0.05) is 31.6 Å². The number of carbonyl (C=O) groups is 1. The molecule has 0 saturated carbocycles. The van der Waals surface area contributed by atoms with Crippen molar-refractivity contribution in [3.8, 4) is 5.75 Å². The Morgan fingerprint density at radius 2 is 2.03 bits per heavy atom. The van der Waals surface area contributed by atoms with E-state index in [0.717, 1.165) is 60.1 Å². The topological polar surface area (TPSA) is 70.6 Å². The average molecular weight is 410 g/mol. The summed E-state index contributed by atoms with van der Waals surface area (Å²) < 4.78 is 5.20. The van der Waals surface area contributed by atoms with Crippen LogP contribution in [0.1, 0.15) is 41.4 Å². The zero-order chi connectivity index (χ0) is 21.1. The van der Waals surface area contributed by atoms with Crippen molar-refractivity contribution >= 4 is 11.7 Å². The minimum Gasteiger partial charge on any atom is -0.497 e. The largest absolute Gasteiger partial charge is 0.497 e.